The molecular weight excluding hydrogens is 470 g/mol. The van der Waals surface area contributed by atoms with Crippen LogP contribution in [0, 0.1) is 23.0 Å². The van der Waals surface area contributed by atoms with Gasteiger partial charge in [-0.05, 0) is 36.8 Å². The Kier molecular flexibility index (Phi) is 7.82. The van der Waals surface area contributed by atoms with E-state index in [1.165, 1.54) is 34.9 Å². The molecule has 2 aromatic rings. The van der Waals surface area contributed by atoms with E-state index in [-0.39, 0.29) is 36.0 Å². The molecule has 1 aromatic heterocycles. The van der Waals surface area contributed by atoms with Crippen LogP contribution < -0.4 is 5.32 Å². The van der Waals surface area contributed by atoms with Gasteiger partial charge in [-0.25, -0.2) is 8.42 Å². The minimum atomic E-state index is -3.94. The van der Waals surface area contributed by atoms with Crippen molar-refractivity contribution < 1.29 is 27.7 Å². The largest absolute Gasteiger partial charge is 0.469 e. The molecule has 0 saturated carbocycles. The van der Waals surface area contributed by atoms with E-state index in [0.29, 0.717) is 18.4 Å². The maximum Gasteiger partial charge on any atom is 0.307 e. The highest BCUT2D eigenvalue weighted by atomic mass is 32.2. The molecule has 0 radical (unpaired) electrons. The molecule has 1 aliphatic heterocycles. The first kappa shape index (κ1) is 24.8. The molecule has 3 rings (SSSR count). The van der Waals surface area contributed by atoms with E-state index in [2.05, 4.69) is 5.32 Å². The van der Waals surface area contributed by atoms with Crippen LogP contribution in [-0.4, -0.2) is 49.7 Å². The summed E-state index contributed by atoms with van der Waals surface area (Å²) in [6.07, 6.45) is 0.602. The third kappa shape index (κ3) is 5.75. The van der Waals surface area contributed by atoms with Crippen molar-refractivity contribution in [3.63, 3.8) is 0 Å². The number of hydrogen-bond donors (Lipinski definition) is 1. The van der Waals surface area contributed by atoms with Crippen LogP contribution in [0.5, 0.6) is 0 Å². The monoisotopic (exact) mass is 495 g/mol. The molecular formula is C21H25N3O7S2. The minimum absolute atomic E-state index is 0.00203. The Morgan fingerprint density at radius 3 is 2.58 bits per heavy atom. The number of piperidine rings is 1. The van der Waals surface area contributed by atoms with E-state index in [4.69, 9.17) is 4.74 Å². The predicted octanol–water partition coefficient (Wildman–Crippen LogP) is 2.79. The topological polar surface area (TPSA) is 136 Å². The molecule has 10 nitrogen and oxygen atoms in total. The highest BCUT2D eigenvalue weighted by Crippen LogP contribution is 2.29. The number of methoxy groups -OCH3 is 1. The quantitative estimate of drug-likeness (QED) is 0.338. The fraction of sp³-hybridized carbons (Fsp3) is 0.429. The van der Waals surface area contributed by atoms with Gasteiger partial charge in [-0.3, -0.25) is 19.7 Å². The van der Waals surface area contributed by atoms with E-state index in [0.717, 1.165) is 10.9 Å². The lowest BCUT2D eigenvalue weighted by Gasteiger charge is -2.31. The number of hydrogen-bond acceptors (Lipinski definition) is 8. The summed E-state index contributed by atoms with van der Waals surface area (Å²) in [6.45, 7) is 1.81. The second-order valence-electron chi connectivity index (χ2n) is 7.74. The Morgan fingerprint density at radius 2 is 2.00 bits per heavy atom. The van der Waals surface area contributed by atoms with Crippen LogP contribution in [0.15, 0.2) is 40.6 Å². The van der Waals surface area contributed by atoms with Gasteiger partial charge in [0.15, 0.2) is 0 Å². The zero-order valence-corrected chi connectivity index (χ0v) is 19.9. The van der Waals surface area contributed by atoms with Gasteiger partial charge in [0.25, 0.3) is 5.69 Å². The van der Waals surface area contributed by atoms with Crippen LogP contribution in [-0.2, 0) is 24.3 Å². The molecule has 2 heterocycles. The number of nitro groups is 1. The van der Waals surface area contributed by atoms with Gasteiger partial charge in [-0.1, -0.05) is 12.1 Å². The highest BCUT2D eigenvalue weighted by molar-refractivity contribution is 7.89. The van der Waals surface area contributed by atoms with Crippen molar-refractivity contribution in [2.45, 2.75) is 37.1 Å². The maximum absolute atomic E-state index is 13.1. The number of benzene rings is 1. The van der Waals surface area contributed by atoms with Crippen LogP contribution in [0.4, 0.5) is 5.69 Å². The van der Waals surface area contributed by atoms with Gasteiger partial charge in [0.2, 0.25) is 15.9 Å². The van der Waals surface area contributed by atoms with Crippen LogP contribution in [0.25, 0.3) is 0 Å². The molecule has 178 valence electrons. The summed E-state index contributed by atoms with van der Waals surface area (Å²) >= 11 is 1.42. The standard InChI is InChI=1S/C21H25N3O7S2/c1-14-5-6-16(24(27)28)12-19(14)33(29,30)23-9-7-15(8-10-23)21(26)22-17(13-20(25)31-2)18-4-3-11-32-18/h3-6,11-12,15,17H,7-10,13H2,1-2H3,(H,22,26). The molecule has 1 N–H and O–H groups in total. The van der Waals surface area contributed by atoms with Crippen LogP contribution in [0.1, 0.15) is 35.7 Å². The summed E-state index contributed by atoms with van der Waals surface area (Å²) in [4.78, 5) is 35.8. The van der Waals surface area contributed by atoms with E-state index in [9.17, 15) is 28.1 Å². The number of aryl methyl sites for hydroxylation is 1. The van der Waals surface area contributed by atoms with Gasteiger partial charge >= 0.3 is 5.97 Å². The normalized spacial score (nSPS) is 16.2. The third-order valence-corrected chi connectivity index (χ3v) is 8.65. The lowest BCUT2D eigenvalue weighted by Crippen LogP contribution is -2.44. The smallest absolute Gasteiger partial charge is 0.307 e. The van der Waals surface area contributed by atoms with E-state index < -0.39 is 32.9 Å². The van der Waals surface area contributed by atoms with E-state index in [1.807, 2.05) is 17.5 Å². The van der Waals surface area contributed by atoms with Gasteiger partial charge in [0.1, 0.15) is 0 Å². The number of nitro benzene ring substituents is 1. The molecule has 12 heteroatoms. The number of amides is 1. The Morgan fingerprint density at radius 1 is 1.30 bits per heavy atom. The molecule has 0 bridgehead atoms. The number of carbonyl (C=O) groups is 2. The molecule has 33 heavy (non-hydrogen) atoms. The van der Waals surface area contributed by atoms with Crippen molar-refractivity contribution in [1.82, 2.24) is 9.62 Å². The molecule has 1 amide bonds. The molecule has 0 aliphatic carbocycles. The SMILES string of the molecule is COC(=O)CC(NC(=O)C1CCN(S(=O)(=O)c2cc([N+](=O)[O-])ccc2C)CC1)c1cccs1. The molecule has 1 saturated heterocycles. The Bertz CT molecular complexity index is 1120. The molecule has 1 unspecified atom stereocenters. The molecule has 0 spiro atoms. The average Bonchev–Trinajstić information content (AvgIpc) is 3.33. The van der Waals surface area contributed by atoms with Crippen molar-refractivity contribution >= 4 is 38.9 Å². The first-order chi connectivity index (χ1) is 15.6. The predicted molar refractivity (Wildman–Crippen MR) is 121 cm³/mol. The summed E-state index contributed by atoms with van der Waals surface area (Å²) < 4.78 is 32.2. The Hall–Kier alpha value is -2.83. The van der Waals surface area contributed by atoms with Crippen molar-refractivity contribution in [2.24, 2.45) is 5.92 Å². The first-order valence-electron chi connectivity index (χ1n) is 10.3. The zero-order chi connectivity index (χ0) is 24.2. The van der Waals surface area contributed by atoms with Crippen LogP contribution in [0.2, 0.25) is 0 Å². The van der Waals surface area contributed by atoms with Crippen molar-refractivity contribution in [3.8, 4) is 0 Å². The number of esters is 1. The summed E-state index contributed by atoms with van der Waals surface area (Å²) in [5.41, 5.74) is 0.126. The van der Waals surface area contributed by atoms with E-state index >= 15 is 0 Å². The summed E-state index contributed by atoms with van der Waals surface area (Å²) in [6, 6.07) is 6.90. The number of nitrogens with one attached hydrogen (secondary N) is 1. The number of ether oxygens (including phenoxy) is 1. The van der Waals surface area contributed by atoms with Gasteiger partial charge in [-0.15, -0.1) is 11.3 Å². The van der Waals surface area contributed by atoms with Crippen molar-refractivity contribution in [1.29, 1.82) is 0 Å². The molecule has 1 atom stereocenters. The van der Waals surface area contributed by atoms with E-state index in [1.54, 1.807) is 6.92 Å². The summed E-state index contributed by atoms with van der Waals surface area (Å²) in [5, 5.41) is 15.8. The third-order valence-electron chi connectivity index (χ3n) is 5.63. The fourth-order valence-electron chi connectivity index (χ4n) is 3.73. The second-order valence-corrected chi connectivity index (χ2v) is 10.6. The lowest BCUT2D eigenvalue weighted by atomic mass is 9.96. The van der Waals surface area contributed by atoms with Gasteiger partial charge in [0.05, 0.1) is 29.4 Å². The fourth-order valence-corrected chi connectivity index (χ4v) is 6.22. The van der Waals surface area contributed by atoms with Gasteiger partial charge in [0, 0.05) is 36.0 Å². The second kappa shape index (κ2) is 10.4. The lowest BCUT2D eigenvalue weighted by molar-refractivity contribution is -0.385. The number of non-ortho nitro benzene ring substituents is 1. The number of rotatable bonds is 8. The molecule has 1 aliphatic rings. The average molecular weight is 496 g/mol. The number of carbonyl (C=O) groups excluding carboxylic acids is 2. The minimum Gasteiger partial charge on any atom is -0.469 e. The Labute approximate surface area is 195 Å². The maximum atomic E-state index is 13.1. The zero-order valence-electron chi connectivity index (χ0n) is 18.2. The number of nitrogens with zero attached hydrogens (tertiary/aromatic N) is 2. The number of sulfonamides is 1. The molecule has 1 fully saturated rings. The Balaban J connectivity index is 1.67. The van der Waals surface area contributed by atoms with Gasteiger partial charge in [-0.2, -0.15) is 4.31 Å². The van der Waals surface area contributed by atoms with Crippen LogP contribution >= 0.6 is 11.3 Å². The van der Waals surface area contributed by atoms with Crippen molar-refractivity contribution in [3.05, 3.63) is 56.3 Å². The number of thiophene rings is 1. The van der Waals surface area contributed by atoms with Crippen LogP contribution in [0.3, 0.4) is 0 Å². The summed E-state index contributed by atoms with van der Waals surface area (Å²) in [5.74, 6) is -1.11. The van der Waals surface area contributed by atoms with Crippen molar-refractivity contribution in [2.75, 3.05) is 20.2 Å². The first-order valence-corrected chi connectivity index (χ1v) is 12.6. The van der Waals surface area contributed by atoms with Gasteiger partial charge < -0.3 is 10.1 Å². The molecule has 1 aromatic carbocycles. The highest BCUT2D eigenvalue weighted by Gasteiger charge is 2.34. The summed E-state index contributed by atoms with van der Waals surface area (Å²) in [7, 11) is -2.65.